The van der Waals surface area contributed by atoms with Gasteiger partial charge in [-0.15, -0.1) is 0 Å². The SMILES string of the molecule is COc1cc(-c2c(F)c(F)c(F)c(F)c2F)c(OC)cc1-c1ccc(SC(C)=O)cc1. The molecule has 0 amide bonds. The van der Waals surface area contributed by atoms with E-state index < -0.39 is 34.6 Å². The molecule has 3 aromatic rings. The van der Waals surface area contributed by atoms with Crippen LogP contribution >= 0.6 is 11.8 Å². The van der Waals surface area contributed by atoms with Gasteiger partial charge in [-0.1, -0.05) is 23.9 Å². The first-order valence-corrected chi connectivity index (χ1v) is 9.57. The van der Waals surface area contributed by atoms with Crippen LogP contribution in [-0.4, -0.2) is 19.3 Å². The summed E-state index contributed by atoms with van der Waals surface area (Å²) in [6.45, 7) is 1.44. The quantitative estimate of drug-likeness (QED) is 0.194. The minimum Gasteiger partial charge on any atom is -0.496 e. The fourth-order valence-electron chi connectivity index (χ4n) is 3.03. The minimum atomic E-state index is -2.25. The summed E-state index contributed by atoms with van der Waals surface area (Å²) in [5.41, 5.74) is -0.413. The van der Waals surface area contributed by atoms with E-state index in [-0.39, 0.29) is 22.2 Å². The fraction of sp³-hybridized carbons (Fsp3) is 0.136. The van der Waals surface area contributed by atoms with E-state index in [0.717, 1.165) is 17.8 Å². The van der Waals surface area contributed by atoms with Crippen molar-refractivity contribution in [3.63, 3.8) is 0 Å². The van der Waals surface area contributed by atoms with Gasteiger partial charge in [0.25, 0.3) is 0 Å². The Labute approximate surface area is 178 Å². The largest absolute Gasteiger partial charge is 0.496 e. The van der Waals surface area contributed by atoms with Crippen molar-refractivity contribution in [1.82, 2.24) is 0 Å². The van der Waals surface area contributed by atoms with Gasteiger partial charge in [-0.2, -0.15) is 0 Å². The van der Waals surface area contributed by atoms with Crippen LogP contribution in [0.15, 0.2) is 41.3 Å². The summed E-state index contributed by atoms with van der Waals surface area (Å²) < 4.78 is 80.1. The average Bonchev–Trinajstić information content (AvgIpc) is 2.76. The highest BCUT2D eigenvalue weighted by molar-refractivity contribution is 8.13. The van der Waals surface area contributed by atoms with E-state index in [1.165, 1.54) is 27.2 Å². The van der Waals surface area contributed by atoms with Crippen LogP contribution in [0.1, 0.15) is 6.92 Å². The Hall–Kier alpha value is -3.07. The summed E-state index contributed by atoms with van der Waals surface area (Å²) in [6, 6.07) is 9.31. The van der Waals surface area contributed by atoms with Gasteiger partial charge in [-0.3, -0.25) is 4.79 Å². The van der Waals surface area contributed by atoms with Crippen molar-refractivity contribution in [3.05, 3.63) is 65.5 Å². The molecule has 0 aliphatic rings. The third kappa shape index (κ3) is 4.23. The van der Waals surface area contributed by atoms with Crippen molar-refractivity contribution in [2.24, 2.45) is 0 Å². The molecule has 0 aromatic heterocycles. The highest BCUT2D eigenvalue weighted by Gasteiger charge is 2.29. The number of rotatable bonds is 5. The Bertz CT molecular complexity index is 1130. The van der Waals surface area contributed by atoms with Gasteiger partial charge in [-0.05, 0) is 29.8 Å². The normalized spacial score (nSPS) is 10.8. The molecule has 3 nitrogen and oxygen atoms in total. The van der Waals surface area contributed by atoms with Gasteiger partial charge in [0, 0.05) is 22.9 Å². The summed E-state index contributed by atoms with van der Waals surface area (Å²) in [6.07, 6.45) is 0. The smallest absolute Gasteiger partial charge is 0.200 e. The summed E-state index contributed by atoms with van der Waals surface area (Å²) in [7, 11) is 2.50. The first-order valence-electron chi connectivity index (χ1n) is 8.76. The van der Waals surface area contributed by atoms with Crippen molar-refractivity contribution in [2.45, 2.75) is 11.8 Å². The molecule has 0 saturated carbocycles. The second-order valence-electron chi connectivity index (χ2n) is 6.32. The van der Waals surface area contributed by atoms with Crippen LogP contribution in [0.5, 0.6) is 11.5 Å². The van der Waals surface area contributed by atoms with E-state index in [0.29, 0.717) is 16.0 Å². The van der Waals surface area contributed by atoms with Crippen molar-refractivity contribution in [3.8, 4) is 33.8 Å². The molecule has 0 spiro atoms. The van der Waals surface area contributed by atoms with Crippen LogP contribution in [-0.2, 0) is 4.79 Å². The molecule has 3 rings (SSSR count). The molecule has 0 heterocycles. The number of halogens is 5. The van der Waals surface area contributed by atoms with E-state index in [1.54, 1.807) is 24.3 Å². The van der Waals surface area contributed by atoms with E-state index in [9.17, 15) is 26.7 Å². The summed E-state index contributed by atoms with van der Waals surface area (Å²) in [5.74, 6) is -10.3. The van der Waals surface area contributed by atoms with Gasteiger partial charge >= 0.3 is 0 Å². The zero-order valence-electron chi connectivity index (χ0n) is 16.5. The molecule has 0 N–H and O–H groups in total. The Morgan fingerprint density at radius 1 is 0.742 bits per heavy atom. The van der Waals surface area contributed by atoms with Crippen molar-refractivity contribution in [2.75, 3.05) is 14.2 Å². The Balaban J connectivity index is 2.21. The predicted octanol–water partition coefficient (Wildman–Crippen LogP) is 6.37. The van der Waals surface area contributed by atoms with Crippen LogP contribution in [0.25, 0.3) is 22.3 Å². The molecule has 0 fully saturated rings. The maximum absolute atomic E-state index is 14.4. The lowest BCUT2D eigenvalue weighted by Gasteiger charge is -2.17. The number of carbonyl (C=O) groups is 1. The molecule has 9 heteroatoms. The Morgan fingerprint density at radius 3 is 1.68 bits per heavy atom. The van der Waals surface area contributed by atoms with Gasteiger partial charge in [0.15, 0.2) is 28.4 Å². The van der Waals surface area contributed by atoms with Crippen LogP contribution in [0.4, 0.5) is 22.0 Å². The molecule has 0 aliphatic heterocycles. The zero-order valence-corrected chi connectivity index (χ0v) is 17.3. The van der Waals surface area contributed by atoms with Gasteiger partial charge < -0.3 is 9.47 Å². The zero-order chi connectivity index (χ0) is 22.9. The Morgan fingerprint density at radius 2 is 1.19 bits per heavy atom. The molecule has 0 atom stereocenters. The van der Waals surface area contributed by atoms with E-state index in [2.05, 4.69) is 0 Å². The second-order valence-corrected chi connectivity index (χ2v) is 7.57. The standard InChI is InChI=1S/C22H15F5O3S/c1-10(28)31-12-6-4-11(5-7-12)13-8-16(30-3)14(9-15(13)29-2)17-18(23)20(25)22(27)21(26)19(17)24/h4-9H,1-3H3. The summed E-state index contributed by atoms with van der Waals surface area (Å²) >= 11 is 1.05. The number of methoxy groups -OCH3 is 2. The van der Waals surface area contributed by atoms with Gasteiger partial charge in [0.05, 0.1) is 19.8 Å². The van der Waals surface area contributed by atoms with Crippen molar-refractivity contribution < 1.29 is 36.2 Å². The first-order chi connectivity index (χ1) is 14.7. The second kappa shape index (κ2) is 8.97. The number of benzene rings is 3. The van der Waals surface area contributed by atoms with E-state index in [4.69, 9.17) is 9.47 Å². The highest BCUT2D eigenvalue weighted by Crippen LogP contribution is 2.43. The molecule has 0 bridgehead atoms. The molecule has 0 saturated heterocycles. The summed E-state index contributed by atoms with van der Waals surface area (Å²) in [5, 5.41) is -0.0841. The first kappa shape index (κ1) is 22.6. The average molecular weight is 454 g/mol. The van der Waals surface area contributed by atoms with Crippen LogP contribution in [0, 0.1) is 29.1 Å². The lowest BCUT2D eigenvalue weighted by atomic mass is 9.96. The lowest BCUT2D eigenvalue weighted by Crippen LogP contribution is -2.05. The molecule has 3 aromatic carbocycles. The number of ether oxygens (including phenoxy) is 2. The molecule has 0 aliphatic carbocycles. The third-order valence-corrected chi connectivity index (χ3v) is 5.22. The summed E-state index contributed by atoms with van der Waals surface area (Å²) in [4.78, 5) is 11.9. The number of thioether (sulfide) groups is 1. The number of hydrogen-bond acceptors (Lipinski definition) is 4. The topological polar surface area (TPSA) is 35.5 Å². The molecule has 0 radical (unpaired) electrons. The van der Waals surface area contributed by atoms with Crippen LogP contribution < -0.4 is 9.47 Å². The van der Waals surface area contributed by atoms with Gasteiger partial charge in [0.2, 0.25) is 5.82 Å². The van der Waals surface area contributed by atoms with Crippen molar-refractivity contribution in [1.29, 1.82) is 0 Å². The van der Waals surface area contributed by atoms with Crippen molar-refractivity contribution >= 4 is 16.9 Å². The molecular formula is C22H15F5O3S. The maximum Gasteiger partial charge on any atom is 0.200 e. The monoisotopic (exact) mass is 454 g/mol. The number of hydrogen-bond donors (Lipinski definition) is 0. The highest BCUT2D eigenvalue weighted by atomic mass is 32.2. The van der Waals surface area contributed by atoms with E-state index in [1.807, 2.05) is 0 Å². The molecule has 162 valence electrons. The number of carbonyl (C=O) groups excluding carboxylic acids is 1. The maximum atomic E-state index is 14.4. The van der Waals surface area contributed by atoms with Gasteiger partial charge in [-0.25, -0.2) is 22.0 Å². The molecule has 0 unspecified atom stereocenters. The van der Waals surface area contributed by atoms with Crippen LogP contribution in [0.2, 0.25) is 0 Å². The predicted molar refractivity (Wildman–Crippen MR) is 107 cm³/mol. The van der Waals surface area contributed by atoms with Gasteiger partial charge in [0.1, 0.15) is 11.5 Å². The fourth-order valence-corrected chi connectivity index (χ4v) is 3.63. The lowest BCUT2D eigenvalue weighted by molar-refractivity contribution is -0.109. The van der Waals surface area contributed by atoms with Crippen LogP contribution in [0.3, 0.4) is 0 Å². The molecular weight excluding hydrogens is 439 g/mol. The third-order valence-electron chi connectivity index (χ3n) is 4.43. The molecule has 31 heavy (non-hydrogen) atoms. The minimum absolute atomic E-state index is 0.0841. The van der Waals surface area contributed by atoms with E-state index >= 15 is 0 Å². The Kier molecular flexibility index (Phi) is 6.54.